The van der Waals surface area contributed by atoms with Gasteiger partial charge in [0.05, 0.1) is 7.11 Å². The van der Waals surface area contributed by atoms with Gasteiger partial charge in [0.1, 0.15) is 17.2 Å². The molecule has 0 aliphatic rings. The first-order valence-electron chi connectivity index (χ1n) is 7.29. The van der Waals surface area contributed by atoms with Gasteiger partial charge in [-0.15, -0.1) is 10.2 Å². The van der Waals surface area contributed by atoms with Crippen LogP contribution >= 0.6 is 0 Å². The van der Waals surface area contributed by atoms with Gasteiger partial charge in [-0.05, 0) is 29.8 Å². The van der Waals surface area contributed by atoms with Crippen LogP contribution in [0, 0.1) is 0 Å². The molecule has 1 aromatic heterocycles. The third-order valence-corrected chi connectivity index (χ3v) is 3.40. The van der Waals surface area contributed by atoms with E-state index in [0.29, 0.717) is 17.8 Å². The average Bonchev–Trinajstić information content (AvgIpc) is 2.58. The quantitative estimate of drug-likeness (QED) is 0.665. The van der Waals surface area contributed by atoms with E-state index >= 15 is 0 Å². The first kappa shape index (κ1) is 15.5. The van der Waals surface area contributed by atoms with Crippen molar-refractivity contribution in [1.29, 1.82) is 0 Å². The smallest absolute Gasteiger partial charge is 0.274 e. The van der Waals surface area contributed by atoms with Crippen LogP contribution in [-0.4, -0.2) is 27.4 Å². The molecule has 0 fully saturated rings. The molecule has 0 saturated carbocycles. The van der Waals surface area contributed by atoms with E-state index in [4.69, 9.17) is 4.74 Å². The Labute approximate surface area is 138 Å². The van der Waals surface area contributed by atoms with E-state index in [1.165, 1.54) is 6.07 Å². The molecule has 0 saturated heterocycles. The van der Waals surface area contributed by atoms with Crippen molar-refractivity contribution in [3.8, 4) is 11.5 Å². The van der Waals surface area contributed by atoms with E-state index in [1.807, 2.05) is 24.3 Å². The zero-order valence-corrected chi connectivity index (χ0v) is 13.0. The van der Waals surface area contributed by atoms with E-state index in [0.717, 1.165) is 11.3 Å². The standard InChI is InChI=1S/C17H16N4O3/c1-24-14-7-5-11(6-8-14)9-15-16(23)19-17(21-20-15)18-12-3-2-4-13(22)10-12/h2-8,10,22H,9H2,1H3,(H2,18,19,21,23). The fourth-order valence-corrected chi connectivity index (χ4v) is 2.19. The number of benzene rings is 2. The van der Waals surface area contributed by atoms with Crippen LogP contribution in [0.25, 0.3) is 0 Å². The predicted molar refractivity (Wildman–Crippen MR) is 89.8 cm³/mol. The minimum Gasteiger partial charge on any atom is -0.508 e. The Bertz CT molecular complexity index is 891. The van der Waals surface area contributed by atoms with E-state index in [9.17, 15) is 9.90 Å². The molecule has 0 radical (unpaired) electrons. The molecule has 0 amide bonds. The minimum absolute atomic E-state index is 0.117. The maximum absolute atomic E-state index is 12.2. The largest absolute Gasteiger partial charge is 0.508 e. The summed E-state index contributed by atoms with van der Waals surface area (Å²) in [5.74, 6) is 1.08. The van der Waals surface area contributed by atoms with Crippen molar-refractivity contribution in [3.05, 3.63) is 70.1 Å². The molecule has 3 aromatic rings. The molecule has 7 heteroatoms. The molecule has 0 atom stereocenters. The molecule has 0 aliphatic carbocycles. The van der Waals surface area contributed by atoms with Crippen molar-refractivity contribution in [1.82, 2.24) is 15.2 Å². The summed E-state index contributed by atoms with van der Waals surface area (Å²) in [6, 6.07) is 13.9. The molecule has 2 aromatic carbocycles. The number of anilines is 2. The number of hydrogen-bond acceptors (Lipinski definition) is 6. The molecule has 0 spiro atoms. The normalized spacial score (nSPS) is 10.4. The Morgan fingerprint density at radius 3 is 2.62 bits per heavy atom. The highest BCUT2D eigenvalue weighted by atomic mass is 16.5. The van der Waals surface area contributed by atoms with Crippen LogP contribution in [0.15, 0.2) is 53.3 Å². The van der Waals surface area contributed by atoms with Gasteiger partial charge in [-0.3, -0.25) is 9.78 Å². The highest BCUT2D eigenvalue weighted by Gasteiger charge is 2.07. The fraction of sp³-hybridized carbons (Fsp3) is 0.118. The second-order valence-electron chi connectivity index (χ2n) is 5.15. The SMILES string of the molecule is COc1ccc(Cc2nnc(Nc3cccc(O)c3)[nH]c2=O)cc1. The van der Waals surface area contributed by atoms with Crippen LogP contribution in [-0.2, 0) is 6.42 Å². The van der Waals surface area contributed by atoms with Gasteiger partial charge in [0.2, 0.25) is 5.95 Å². The molecule has 122 valence electrons. The van der Waals surface area contributed by atoms with Crippen molar-refractivity contribution in [2.45, 2.75) is 6.42 Å². The molecule has 24 heavy (non-hydrogen) atoms. The third-order valence-electron chi connectivity index (χ3n) is 3.40. The number of H-pyrrole nitrogens is 1. The zero-order valence-electron chi connectivity index (χ0n) is 13.0. The van der Waals surface area contributed by atoms with Gasteiger partial charge in [0, 0.05) is 18.2 Å². The Balaban J connectivity index is 1.75. The van der Waals surface area contributed by atoms with Crippen molar-refractivity contribution in [2.75, 3.05) is 12.4 Å². The molecule has 3 N–H and O–H groups in total. The lowest BCUT2D eigenvalue weighted by Crippen LogP contribution is -2.18. The Kier molecular flexibility index (Phi) is 4.42. The van der Waals surface area contributed by atoms with Crippen molar-refractivity contribution in [2.24, 2.45) is 0 Å². The number of methoxy groups -OCH3 is 1. The summed E-state index contributed by atoms with van der Waals surface area (Å²) < 4.78 is 5.10. The second-order valence-corrected chi connectivity index (χ2v) is 5.15. The van der Waals surface area contributed by atoms with Crippen LogP contribution in [0.5, 0.6) is 11.5 Å². The average molecular weight is 324 g/mol. The fourth-order valence-electron chi connectivity index (χ4n) is 2.19. The lowest BCUT2D eigenvalue weighted by Gasteiger charge is -2.06. The van der Waals surface area contributed by atoms with E-state index in [2.05, 4.69) is 20.5 Å². The maximum Gasteiger partial charge on any atom is 0.274 e. The number of ether oxygens (including phenoxy) is 1. The Morgan fingerprint density at radius 1 is 1.17 bits per heavy atom. The topological polar surface area (TPSA) is 100 Å². The van der Waals surface area contributed by atoms with Gasteiger partial charge in [-0.1, -0.05) is 18.2 Å². The predicted octanol–water partition coefficient (Wildman–Crippen LogP) is 2.21. The summed E-state index contributed by atoms with van der Waals surface area (Å²) >= 11 is 0. The summed E-state index contributed by atoms with van der Waals surface area (Å²) in [7, 11) is 1.60. The van der Waals surface area contributed by atoms with Crippen molar-refractivity contribution in [3.63, 3.8) is 0 Å². The number of hydrogen-bond donors (Lipinski definition) is 3. The molecular weight excluding hydrogens is 308 g/mol. The number of rotatable bonds is 5. The molecule has 0 bridgehead atoms. The maximum atomic E-state index is 12.2. The molecular formula is C17H16N4O3. The monoisotopic (exact) mass is 324 g/mol. The number of phenols is 1. The van der Waals surface area contributed by atoms with E-state index in [-0.39, 0.29) is 17.3 Å². The van der Waals surface area contributed by atoms with Crippen molar-refractivity contribution < 1.29 is 9.84 Å². The number of aromatic amines is 1. The van der Waals surface area contributed by atoms with Gasteiger partial charge in [-0.2, -0.15) is 0 Å². The molecule has 0 aliphatic heterocycles. The summed E-state index contributed by atoms with van der Waals surface area (Å²) in [6.45, 7) is 0. The highest BCUT2D eigenvalue weighted by Crippen LogP contribution is 2.17. The zero-order chi connectivity index (χ0) is 16.9. The van der Waals surface area contributed by atoms with Gasteiger partial charge in [0.25, 0.3) is 5.56 Å². The van der Waals surface area contributed by atoms with Gasteiger partial charge < -0.3 is 15.2 Å². The van der Waals surface area contributed by atoms with Crippen LogP contribution in [0.2, 0.25) is 0 Å². The van der Waals surface area contributed by atoms with Crippen LogP contribution in [0.3, 0.4) is 0 Å². The third kappa shape index (κ3) is 3.70. The van der Waals surface area contributed by atoms with E-state index < -0.39 is 0 Å². The lowest BCUT2D eigenvalue weighted by molar-refractivity contribution is 0.414. The van der Waals surface area contributed by atoms with E-state index in [1.54, 1.807) is 25.3 Å². The Morgan fingerprint density at radius 2 is 1.96 bits per heavy atom. The number of phenolic OH excluding ortho intramolecular Hbond substituents is 1. The molecule has 3 rings (SSSR count). The molecule has 0 unspecified atom stereocenters. The summed E-state index contributed by atoms with van der Waals surface area (Å²) in [4.78, 5) is 14.8. The number of aromatic hydroxyl groups is 1. The van der Waals surface area contributed by atoms with Gasteiger partial charge in [-0.25, -0.2) is 0 Å². The lowest BCUT2D eigenvalue weighted by atomic mass is 10.1. The second kappa shape index (κ2) is 6.82. The van der Waals surface area contributed by atoms with Crippen molar-refractivity contribution >= 4 is 11.6 Å². The highest BCUT2D eigenvalue weighted by molar-refractivity contribution is 5.55. The first-order chi connectivity index (χ1) is 11.6. The number of nitrogens with one attached hydrogen (secondary N) is 2. The first-order valence-corrected chi connectivity index (χ1v) is 7.29. The summed E-state index contributed by atoms with van der Waals surface area (Å²) in [6.07, 6.45) is 0.374. The number of nitrogens with zero attached hydrogens (tertiary/aromatic N) is 2. The molecule has 7 nitrogen and oxygen atoms in total. The summed E-state index contributed by atoms with van der Waals surface area (Å²) in [5.41, 5.74) is 1.54. The summed E-state index contributed by atoms with van der Waals surface area (Å²) in [5, 5.41) is 20.3. The molecule has 1 heterocycles. The number of aromatic nitrogens is 3. The van der Waals surface area contributed by atoms with Crippen LogP contribution in [0.1, 0.15) is 11.3 Å². The van der Waals surface area contributed by atoms with Gasteiger partial charge in [0.15, 0.2) is 0 Å². The Hall–Kier alpha value is -3.35. The van der Waals surface area contributed by atoms with Crippen LogP contribution in [0.4, 0.5) is 11.6 Å². The minimum atomic E-state index is -0.316. The van der Waals surface area contributed by atoms with Gasteiger partial charge >= 0.3 is 0 Å². The van der Waals surface area contributed by atoms with Crippen LogP contribution < -0.4 is 15.6 Å².